The first-order valence-corrected chi connectivity index (χ1v) is 14.2. The van der Waals surface area contributed by atoms with Crippen LogP contribution >= 0.6 is 0 Å². The van der Waals surface area contributed by atoms with Crippen LogP contribution in [0.4, 0.5) is 4.39 Å². The Hall–Kier alpha value is -4.57. The van der Waals surface area contributed by atoms with Gasteiger partial charge in [-0.15, -0.1) is 0 Å². The van der Waals surface area contributed by atoms with Crippen LogP contribution in [0.1, 0.15) is 35.7 Å². The fourth-order valence-corrected chi connectivity index (χ4v) is 5.70. The lowest BCUT2D eigenvalue weighted by atomic mass is 10.0. The molecule has 1 aliphatic rings. The number of fused-ring (bicyclic) bond motifs is 3. The Morgan fingerprint density at radius 3 is 2.48 bits per heavy atom. The minimum Gasteiger partial charge on any atom is -0.412 e. The zero-order chi connectivity index (χ0) is 29.1. The van der Waals surface area contributed by atoms with Crippen LogP contribution in [0, 0.1) is 5.82 Å². The monoisotopic (exact) mass is 570 g/mol. The number of likely N-dealkylation sites (tertiary alicyclic amines) is 1. The fourth-order valence-electron chi connectivity index (χ4n) is 5.70. The molecule has 6 rings (SSSR count). The maximum atomic E-state index is 13.2. The van der Waals surface area contributed by atoms with Gasteiger partial charge in [-0.05, 0) is 66.8 Å². The Kier molecular flexibility index (Phi) is 7.96. The molecule has 1 amide bonds. The van der Waals surface area contributed by atoms with Gasteiger partial charge in [-0.3, -0.25) is 9.78 Å². The van der Waals surface area contributed by atoms with E-state index in [0.717, 1.165) is 61.2 Å². The first-order chi connectivity index (χ1) is 20.4. The summed E-state index contributed by atoms with van der Waals surface area (Å²) in [6.07, 6.45) is 4.96. The van der Waals surface area contributed by atoms with Crippen molar-refractivity contribution in [3.63, 3.8) is 0 Å². The molecule has 0 unspecified atom stereocenters. The SMILES string of the molecule is O=C(Cc1ccc2c3oc(=O)c(=O)oc3n(C3CCN(CCc4ccc(F)cc4)CC3)c2c1)NCCc1ccccn1. The van der Waals surface area contributed by atoms with Crippen LogP contribution in [-0.4, -0.2) is 46.5 Å². The van der Waals surface area contributed by atoms with Gasteiger partial charge in [-0.2, -0.15) is 0 Å². The summed E-state index contributed by atoms with van der Waals surface area (Å²) in [4.78, 5) is 43.6. The molecule has 0 bridgehead atoms. The van der Waals surface area contributed by atoms with E-state index in [2.05, 4.69) is 15.2 Å². The molecule has 0 spiro atoms. The van der Waals surface area contributed by atoms with Gasteiger partial charge in [0.1, 0.15) is 5.82 Å². The molecule has 0 aliphatic carbocycles. The van der Waals surface area contributed by atoms with E-state index in [4.69, 9.17) is 8.83 Å². The third-order valence-corrected chi connectivity index (χ3v) is 7.88. The standard InChI is InChI=1S/C32H31FN4O5/c33-23-7-4-21(5-8-23)11-16-36-17-12-25(13-18-36)37-27-19-22(20-28(38)35-15-10-24-3-1-2-14-34-24)6-9-26(27)29-30(37)42-32(40)31(39)41-29/h1-9,14,19,25H,10-13,15-18,20H2,(H,35,38). The maximum absolute atomic E-state index is 13.2. The second-order valence-corrected chi connectivity index (χ2v) is 10.7. The van der Waals surface area contributed by atoms with Crippen LogP contribution in [-0.2, 0) is 24.1 Å². The Bertz CT molecular complexity index is 1820. The number of hydrogen-bond acceptors (Lipinski definition) is 7. The summed E-state index contributed by atoms with van der Waals surface area (Å²) in [5.41, 5.74) is 1.92. The van der Waals surface area contributed by atoms with Crippen molar-refractivity contribution in [2.24, 2.45) is 0 Å². The van der Waals surface area contributed by atoms with E-state index in [9.17, 15) is 18.8 Å². The fraction of sp³-hybridized carbons (Fsp3) is 0.312. The van der Waals surface area contributed by atoms with Crippen LogP contribution in [0.25, 0.3) is 22.2 Å². The van der Waals surface area contributed by atoms with Gasteiger partial charge >= 0.3 is 11.3 Å². The number of piperidine rings is 1. The molecule has 0 atom stereocenters. The van der Waals surface area contributed by atoms with E-state index in [0.29, 0.717) is 18.4 Å². The van der Waals surface area contributed by atoms with Gasteiger partial charge in [0.05, 0.1) is 11.9 Å². The molecule has 9 nitrogen and oxygen atoms in total. The summed E-state index contributed by atoms with van der Waals surface area (Å²) >= 11 is 0. The second kappa shape index (κ2) is 12.1. The highest BCUT2D eigenvalue weighted by molar-refractivity contribution is 6.03. The van der Waals surface area contributed by atoms with Gasteiger partial charge in [-0.25, -0.2) is 14.0 Å². The van der Waals surface area contributed by atoms with Gasteiger partial charge < -0.3 is 23.6 Å². The summed E-state index contributed by atoms with van der Waals surface area (Å²) in [6, 6.07) is 17.8. The Balaban J connectivity index is 1.19. The molecule has 10 heteroatoms. The summed E-state index contributed by atoms with van der Waals surface area (Å²) in [7, 11) is 0. The van der Waals surface area contributed by atoms with Crippen molar-refractivity contribution in [1.29, 1.82) is 0 Å². The molecule has 5 aromatic rings. The lowest BCUT2D eigenvalue weighted by molar-refractivity contribution is -0.120. The highest BCUT2D eigenvalue weighted by Crippen LogP contribution is 2.35. The van der Waals surface area contributed by atoms with Gasteiger partial charge in [0.2, 0.25) is 17.2 Å². The number of pyridine rings is 1. The Labute approximate surface area is 240 Å². The summed E-state index contributed by atoms with van der Waals surface area (Å²) < 4.78 is 26.1. The van der Waals surface area contributed by atoms with Crippen LogP contribution in [0.15, 0.2) is 85.3 Å². The molecule has 0 radical (unpaired) electrons. The molecule has 1 N–H and O–H groups in total. The number of carbonyl (C=O) groups excluding carboxylic acids is 1. The van der Waals surface area contributed by atoms with E-state index >= 15 is 0 Å². The second-order valence-electron chi connectivity index (χ2n) is 10.7. The van der Waals surface area contributed by atoms with E-state index < -0.39 is 11.3 Å². The quantitative estimate of drug-likeness (QED) is 0.267. The smallest absolute Gasteiger partial charge is 0.412 e. The number of aromatic nitrogens is 2. The number of nitrogens with zero attached hydrogens (tertiary/aromatic N) is 3. The van der Waals surface area contributed by atoms with Crippen LogP contribution in [0.3, 0.4) is 0 Å². The lowest BCUT2D eigenvalue weighted by Crippen LogP contribution is -2.36. The number of amides is 1. The summed E-state index contributed by atoms with van der Waals surface area (Å²) in [6.45, 7) is 2.99. The van der Waals surface area contributed by atoms with Crippen molar-refractivity contribution in [1.82, 2.24) is 19.8 Å². The first-order valence-electron chi connectivity index (χ1n) is 14.2. The minimum atomic E-state index is -1.05. The molecule has 216 valence electrons. The molecule has 42 heavy (non-hydrogen) atoms. The number of nitrogens with one attached hydrogen (secondary N) is 1. The Morgan fingerprint density at radius 2 is 1.71 bits per heavy atom. The number of rotatable bonds is 9. The van der Waals surface area contributed by atoms with Crippen molar-refractivity contribution in [3.05, 3.63) is 110 Å². The molecule has 1 fully saturated rings. The van der Waals surface area contributed by atoms with Crippen molar-refractivity contribution in [2.45, 2.75) is 38.1 Å². The lowest BCUT2D eigenvalue weighted by Gasteiger charge is -2.33. The number of benzene rings is 2. The average Bonchev–Trinajstić information content (AvgIpc) is 3.30. The maximum Gasteiger partial charge on any atom is 0.424 e. The molecule has 4 heterocycles. The average molecular weight is 571 g/mol. The van der Waals surface area contributed by atoms with Crippen molar-refractivity contribution < 1.29 is 18.0 Å². The molecule has 0 saturated carbocycles. The van der Waals surface area contributed by atoms with E-state index in [1.807, 2.05) is 53.1 Å². The molecular formula is C32H31FN4O5. The van der Waals surface area contributed by atoms with Crippen molar-refractivity contribution in [3.8, 4) is 0 Å². The third kappa shape index (κ3) is 6.03. The number of carbonyl (C=O) groups is 1. The topological polar surface area (TPSA) is 111 Å². The van der Waals surface area contributed by atoms with Crippen molar-refractivity contribution >= 4 is 28.1 Å². The highest BCUT2D eigenvalue weighted by Gasteiger charge is 2.27. The zero-order valence-corrected chi connectivity index (χ0v) is 23.1. The molecule has 1 saturated heterocycles. The zero-order valence-electron chi connectivity index (χ0n) is 23.1. The predicted octanol–water partition coefficient (Wildman–Crippen LogP) is 4.02. The Morgan fingerprint density at radius 1 is 0.952 bits per heavy atom. The molecule has 1 aliphatic heterocycles. The summed E-state index contributed by atoms with van der Waals surface area (Å²) in [5.74, 6) is -0.349. The van der Waals surface area contributed by atoms with E-state index in [1.54, 1.807) is 6.20 Å². The normalized spacial score (nSPS) is 14.5. The molecular weight excluding hydrogens is 539 g/mol. The highest BCUT2D eigenvalue weighted by atomic mass is 19.1. The summed E-state index contributed by atoms with van der Waals surface area (Å²) in [5, 5.41) is 3.61. The van der Waals surface area contributed by atoms with Gasteiger partial charge in [0.15, 0.2) is 0 Å². The van der Waals surface area contributed by atoms with E-state index in [1.165, 1.54) is 12.1 Å². The molecule has 2 aromatic carbocycles. The van der Waals surface area contributed by atoms with E-state index in [-0.39, 0.29) is 35.5 Å². The van der Waals surface area contributed by atoms with Crippen LogP contribution < -0.4 is 16.6 Å². The predicted molar refractivity (Wildman–Crippen MR) is 156 cm³/mol. The number of halogens is 1. The van der Waals surface area contributed by atoms with Crippen molar-refractivity contribution in [2.75, 3.05) is 26.2 Å². The van der Waals surface area contributed by atoms with Crippen LogP contribution in [0.2, 0.25) is 0 Å². The minimum absolute atomic E-state index is 0.00497. The first kappa shape index (κ1) is 27.6. The number of hydrogen-bond donors (Lipinski definition) is 1. The van der Waals surface area contributed by atoms with Gasteiger partial charge in [0, 0.05) is 55.9 Å². The third-order valence-electron chi connectivity index (χ3n) is 7.88. The van der Waals surface area contributed by atoms with Crippen LogP contribution in [0.5, 0.6) is 0 Å². The van der Waals surface area contributed by atoms with Gasteiger partial charge in [0.25, 0.3) is 0 Å². The van der Waals surface area contributed by atoms with Gasteiger partial charge in [-0.1, -0.05) is 24.3 Å². The molecule has 3 aromatic heterocycles. The largest absolute Gasteiger partial charge is 0.424 e.